The second-order valence-electron chi connectivity index (χ2n) is 7.32. The van der Waals surface area contributed by atoms with E-state index in [0.717, 1.165) is 5.56 Å². The van der Waals surface area contributed by atoms with Crippen molar-refractivity contribution in [3.63, 3.8) is 0 Å². The molecule has 2 rings (SSSR count). The van der Waals surface area contributed by atoms with Gasteiger partial charge in [-0.15, -0.1) is 6.42 Å². The van der Waals surface area contributed by atoms with Crippen molar-refractivity contribution >= 4 is 29.6 Å². The number of hydrogen-bond donors (Lipinski definition) is 2. The molecule has 0 radical (unpaired) electrons. The fourth-order valence-electron chi connectivity index (χ4n) is 2.77. The van der Waals surface area contributed by atoms with Gasteiger partial charge in [-0.1, -0.05) is 49.1 Å². The first-order valence-electron chi connectivity index (χ1n) is 9.91. The Hall–Kier alpha value is -3.50. The van der Waals surface area contributed by atoms with Crippen molar-refractivity contribution in [3.8, 4) is 23.8 Å². The van der Waals surface area contributed by atoms with Crippen LogP contribution in [0.15, 0.2) is 41.5 Å². The molecule has 7 nitrogen and oxygen atoms in total. The zero-order chi connectivity index (χ0) is 23.7. The van der Waals surface area contributed by atoms with Crippen LogP contribution in [0.5, 0.6) is 11.5 Å². The largest absolute Gasteiger partial charge is 0.493 e. The average Bonchev–Trinajstić information content (AvgIpc) is 2.76. The van der Waals surface area contributed by atoms with Crippen molar-refractivity contribution < 1.29 is 19.1 Å². The molecule has 0 spiro atoms. The minimum absolute atomic E-state index is 0.0461. The Morgan fingerprint density at radius 2 is 1.94 bits per heavy atom. The summed E-state index contributed by atoms with van der Waals surface area (Å²) in [7, 11) is 1.47. The number of rotatable bonds is 9. The predicted molar refractivity (Wildman–Crippen MR) is 125 cm³/mol. The summed E-state index contributed by atoms with van der Waals surface area (Å²) in [6.45, 7) is 5.65. The number of carbonyl (C=O) groups excluding carboxylic acids is 2. The summed E-state index contributed by atoms with van der Waals surface area (Å²) in [4.78, 5) is 25.1. The Morgan fingerprint density at radius 1 is 1.25 bits per heavy atom. The Bertz CT molecular complexity index is 1030. The third-order valence-corrected chi connectivity index (χ3v) is 4.77. The summed E-state index contributed by atoms with van der Waals surface area (Å²) in [6, 6.07) is 9.59. The van der Waals surface area contributed by atoms with Gasteiger partial charge < -0.3 is 14.8 Å². The quantitative estimate of drug-likeness (QED) is 0.343. The molecule has 0 aliphatic rings. The van der Waals surface area contributed by atoms with Gasteiger partial charge in [-0.05, 0) is 42.7 Å². The Morgan fingerprint density at radius 3 is 2.53 bits per heavy atom. The summed E-state index contributed by atoms with van der Waals surface area (Å²) in [5.74, 6) is 2.14. The number of nitrogens with one attached hydrogen (secondary N) is 2. The highest BCUT2D eigenvalue weighted by molar-refractivity contribution is 6.32. The number of benzene rings is 2. The first kappa shape index (κ1) is 24.8. The number of methoxy groups -OCH3 is 1. The third kappa shape index (κ3) is 6.76. The molecule has 0 bridgehead atoms. The van der Waals surface area contributed by atoms with Crippen LogP contribution in [0.1, 0.15) is 35.3 Å². The van der Waals surface area contributed by atoms with E-state index in [4.69, 9.17) is 27.5 Å². The van der Waals surface area contributed by atoms with E-state index in [1.165, 1.54) is 13.3 Å². The van der Waals surface area contributed by atoms with Crippen LogP contribution >= 0.6 is 11.6 Å². The molecule has 0 saturated heterocycles. The maximum Gasteiger partial charge on any atom is 0.262 e. The molecule has 1 unspecified atom stereocenters. The van der Waals surface area contributed by atoms with E-state index >= 15 is 0 Å². The van der Waals surface area contributed by atoms with E-state index in [2.05, 4.69) is 21.8 Å². The van der Waals surface area contributed by atoms with Crippen LogP contribution in [0.4, 0.5) is 0 Å². The second kappa shape index (κ2) is 11.8. The molecule has 2 amide bonds. The summed E-state index contributed by atoms with van der Waals surface area (Å²) in [6.07, 6.45) is 6.62. The molecule has 8 heteroatoms. The van der Waals surface area contributed by atoms with Gasteiger partial charge in [0.2, 0.25) is 0 Å². The van der Waals surface area contributed by atoms with Crippen molar-refractivity contribution in [2.24, 2.45) is 11.0 Å². The monoisotopic (exact) mass is 455 g/mol. The van der Waals surface area contributed by atoms with Gasteiger partial charge in [0, 0.05) is 5.56 Å². The SMILES string of the molecule is C#CCOc1c(Cl)cc(/C=N/NC(=O)C(NC(=O)c2ccc(C)cc2)C(C)C)cc1OC. The first-order chi connectivity index (χ1) is 15.3. The lowest BCUT2D eigenvalue weighted by Gasteiger charge is -2.20. The summed E-state index contributed by atoms with van der Waals surface area (Å²) < 4.78 is 10.7. The topological polar surface area (TPSA) is 89.0 Å². The maximum atomic E-state index is 12.6. The van der Waals surface area contributed by atoms with E-state index < -0.39 is 11.9 Å². The number of nitrogens with zero attached hydrogens (tertiary/aromatic N) is 1. The van der Waals surface area contributed by atoms with Gasteiger partial charge >= 0.3 is 0 Å². The molecular weight excluding hydrogens is 430 g/mol. The van der Waals surface area contributed by atoms with Gasteiger partial charge in [0.15, 0.2) is 11.5 Å². The van der Waals surface area contributed by atoms with E-state index in [1.54, 1.807) is 24.3 Å². The van der Waals surface area contributed by atoms with Gasteiger partial charge in [-0.2, -0.15) is 5.10 Å². The first-order valence-corrected chi connectivity index (χ1v) is 10.3. The van der Waals surface area contributed by atoms with Crippen LogP contribution < -0.4 is 20.2 Å². The van der Waals surface area contributed by atoms with Crippen LogP contribution in [0.3, 0.4) is 0 Å². The molecule has 0 aromatic heterocycles. The molecule has 2 aromatic carbocycles. The smallest absolute Gasteiger partial charge is 0.262 e. The van der Waals surface area contributed by atoms with E-state index in [9.17, 15) is 9.59 Å². The van der Waals surface area contributed by atoms with Crippen LogP contribution in [0.2, 0.25) is 5.02 Å². The fraction of sp³-hybridized carbons (Fsp3) is 0.292. The van der Waals surface area contributed by atoms with Crippen LogP contribution in [0.25, 0.3) is 0 Å². The molecule has 32 heavy (non-hydrogen) atoms. The van der Waals surface area contributed by atoms with Crippen molar-refractivity contribution in [1.29, 1.82) is 0 Å². The molecule has 0 aliphatic heterocycles. The van der Waals surface area contributed by atoms with Gasteiger partial charge in [-0.25, -0.2) is 5.43 Å². The highest BCUT2D eigenvalue weighted by Gasteiger charge is 2.24. The van der Waals surface area contributed by atoms with Gasteiger partial charge in [0.25, 0.3) is 11.8 Å². The summed E-state index contributed by atoms with van der Waals surface area (Å²) >= 11 is 6.24. The Kier molecular flexibility index (Phi) is 9.11. The zero-order valence-corrected chi connectivity index (χ0v) is 19.2. The summed E-state index contributed by atoms with van der Waals surface area (Å²) in [5, 5.41) is 7.03. The van der Waals surface area contributed by atoms with Crippen LogP contribution in [-0.2, 0) is 4.79 Å². The van der Waals surface area contributed by atoms with Crippen LogP contribution in [0, 0.1) is 25.2 Å². The molecule has 0 fully saturated rings. The Balaban J connectivity index is 2.08. The number of halogens is 1. The molecular formula is C24H26ClN3O4. The lowest BCUT2D eigenvalue weighted by molar-refractivity contribution is -0.123. The fourth-order valence-corrected chi connectivity index (χ4v) is 3.05. The molecule has 0 heterocycles. The zero-order valence-electron chi connectivity index (χ0n) is 18.4. The van der Waals surface area contributed by atoms with E-state index in [1.807, 2.05) is 32.9 Å². The number of terminal acetylenes is 1. The van der Waals surface area contributed by atoms with Crippen molar-refractivity contribution in [3.05, 3.63) is 58.1 Å². The number of hydrogen-bond acceptors (Lipinski definition) is 5. The van der Waals surface area contributed by atoms with Gasteiger partial charge in [-0.3, -0.25) is 9.59 Å². The minimum Gasteiger partial charge on any atom is -0.493 e. The lowest BCUT2D eigenvalue weighted by atomic mass is 10.0. The molecule has 0 saturated carbocycles. The second-order valence-corrected chi connectivity index (χ2v) is 7.73. The molecule has 1 atom stereocenters. The number of hydrazone groups is 1. The third-order valence-electron chi connectivity index (χ3n) is 4.49. The van der Waals surface area contributed by atoms with E-state index in [-0.39, 0.29) is 23.5 Å². The number of carbonyl (C=O) groups is 2. The Labute approximate surface area is 193 Å². The number of ether oxygens (including phenoxy) is 2. The number of amides is 2. The molecule has 2 aromatic rings. The minimum atomic E-state index is -0.765. The standard InChI is InChI=1S/C24H26ClN3O4/c1-6-11-32-22-19(25)12-17(13-20(22)31-5)14-26-28-24(30)21(15(2)3)27-23(29)18-9-7-16(4)8-10-18/h1,7-10,12-15,21H,11H2,2-5H3,(H,27,29)(H,28,30)/b26-14+. The van der Waals surface area contributed by atoms with Gasteiger partial charge in [0.1, 0.15) is 12.6 Å². The number of aryl methyl sites for hydroxylation is 1. The average molecular weight is 456 g/mol. The predicted octanol–water partition coefficient (Wildman–Crippen LogP) is 3.57. The highest BCUT2D eigenvalue weighted by atomic mass is 35.5. The lowest BCUT2D eigenvalue weighted by Crippen LogP contribution is -2.48. The van der Waals surface area contributed by atoms with Crippen molar-refractivity contribution in [2.45, 2.75) is 26.8 Å². The summed E-state index contributed by atoms with van der Waals surface area (Å²) in [5.41, 5.74) is 4.55. The molecule has 0 aliphatic carbocycles. The van der Waals surface area contributed by atoms with Crippen molar-refractivity contribution in [1.82, 2.24) is 10.7 Å². The van der Waals surface area contributed by atoms with E-state index in [0.29, 0.717) is 22.6 Å². The van der Waals surface area contributed by atoms with Gasteiger partial charge in [0.05, 0.1) is 18.3 Å². The maximum absolute atomic E-state index is 12.6. The highest BCUT2D eigenvalue weighted by Crippen LogP contribution is 2.35. The van der Waals surface area contributed by atoms with Crippen LogP contribution in [-0.4, -0.2) is 37.8 Å². The molecule has 2 N–H and O–H groups in total. The normalized spacial score (nSPS) is 11.7. The van der Waals surface area contributed by atoms with Crippen molar-refractivity contribution in [2.75, 3.05) is 13.7 Å². The molecule has 168 valence electrons.